The number of anilines is 3. The van der Waals surface area contributed by atoms with Crippen LogP contribution >= 0.6 is 11.9 Å². The monoisotopic (exact) mass is 440 g/mol. The molecule has 1 N–H and O–H groups in total. The molecule has 2 aliphatic rings. The number of hydrogen-bond donors (Lipinski definition) is 1. The van der Waals surface area contributed by atoms with Crippen molar-refractivity contribution in [2.45, 2.75) is 37.7 Å². The Hall–Kier alpha value is -2.54. The fourth-order valence-corrected chi connectivity index (χ4v) is 4.75. The fourth-order valence-electron chi connectivity index (χ4n) is 4.01. The summed E-state index contributed by atoms with van der Waals surface area (Å²) in [4.78, 5) is 20.0. The molecule has 7 heteroatoms. The Labute approximate surface area is 189 Å². The van der Waals surface area contributed by atoms with Crippen LogP contribution in [0.25, 0.3) is 0 Å². The van der Waals surface area contributed by atoms with E-state index in [1.165, 1.54) is 21.8 Å². The number of nitrogens with one attached hydrogen (secondary N) is 1. The first-order valence-electron chi connectivity index (χ1n) is 10.9. The van der Waals surface area contributed by atoms with E-state index in [0.717, 1.165) is 31.7 Å². The van der Waals surface area contributed by atoms with Crippen molar-refractivity contribution in [1.29, 1.82) is 0 Å². The van der Waals surface area contributed by atoms with Gasteiger partial charge in [-0.15, -0.1) is 0 Å². The zero-order chi connectivity index (χ0) is 22.0. The van der Waals surface area contributed by atoms with Crippen molar-refractivity contribution in [2.75, 3.05) is 54.3 Å². The second-order valence-corrected chi connectivity index (χ2v) is 10.0. The predicted molar refractivity (Wildman–Crippen MR) is 129 cm³/mol. The third-order valence-electron chi connectivity index (χ3n) is 5.63. The van der Waals surface area contributed by atoms with E-state index in [1.807, 2.05) is 20.8 Å². The first-order chi connectivity index (χ1) is 14.8. The van der Waals surface area contributed by atoms with Crippen LogP contribution in [-0.2, 0) is 11.2 Å². The van der Waals surface area contributed by atoms with Crippen molar-refractivity contribution in [3.63, 3.8) is 0 Å². The van der Waals surface area contributed by atoms with Gasteiger partial charge in [0.25, 0.3) is 0 Å². The number of amides is 1. The summed E-state index contributed by atoms with van der Waals surface area (Å²) < 4.78 is 9.07. The molecule has 0 bridgehead atoms. The summed E-state index contributed by atoms with van der Waals surface area (Å²) in [6, 6.07) is 15.1. The van der Waals surface area contributed by atoms with Gasteiger partial charge in [0, 0.05) is 50.4 Å². The smallest absolute Gasteiger partial charge is 0.410 e. The number of benzene rings is 2. The number of fused-ring (bicyclic) bond motifs is 1. The lowest BCUT2D eigenvalue weighted by Crippen LogP contribution is -2.50. The molecule has 2 aromatic carbocycles. The van der Waals surface area contributed by atoms with Gasteiger partial charge in [0.05, 0.1) is 11.4 Å². The summed E-state index contributed by atoms with van der Waals surface area (Å²) in [5.41, 5.74) is 4.55. The predicted octanol–water partition coefficient (Wildman–Crippen LogP) is 4.86. The fraction of sp³-hybridized carbons (Fsp3) is 0.458. The lowest BCUT2D eigenvalue weighted by molar-refractivity contribution is 0.0240. The topological polar surface area (TPSA) is 48.0 Å². The van der Waals surface area contributed by atoms with Crippen molar-refractivity contribution in [2.24, 2.45) is 0 Å². The van der Waals surface area contributed by atoms with Crippen LogP contribution in [0.1, 0.15) is 26.3 Å². The molecular weight excluding hydrogens is 408 g/mol. The van der Waals surface area contributed by atoms with Crippen LogP contribution in [0.15, 0.2) is 47.4 Å². The minimum absolute atomic E-state index is 0.226. The lowest BCUT2D eigenvalue weighted by Gasteiger charge is -2.37. The number of ether oxygens (including phenoxy) is 1. The van der Waals surface area contributed by atoms with Crippen molar-refractivity contribution >= 4 is 35.1 Å². The number of carbonyl (C=O) groups is 1. The van der Waals surface area contributed by atoms with Gasteiger partial charge in [-0.2, -0.15) is 0 Å². The maximum absolute atomic E-state index is 12.4. The van der Waals surface area contributed by atoms with E-state index in [0.29, 0.717) is 13.1 Å². The molecule has 2 aromatic rings. The Morgan fingerprint density at radius 1 is 1.00 bits per heavy atom. The van der Waals surface area contributed by atoms with Gasteiger partial charge >= 0.3 is 6.09 Å². The summed E-state index contributed by atoms with van der Waals surface area (Å²) in [5, 5.41) is 0. The molecule has 1 fully saturated rings. The average Bonchev–Trinajstić information content (AvgIpc) is 3.11. The molecule has 2 aliphatic heterocycles. The normalized spacial score (nSPS) is 16.3. The second-order valence-electron chi connectivity index (χ2n) is 9.14. The molecule has 4 rings (SSSR count). The first kappa shape index (κ1) is 21.7. The summed E-state index contributed by atoms with van der Waals surface area (Å²) in [5.74, 6) is 0. The van der Waals surface area contributed by atoms with Gasteiger partial charge in [-0.25, -0.2) is 4.79 Å². The Morgan fingerprint density at radius 3 is 2.48 bits per heavy atom. The van der Waals surface area contributed by atoms with Crippen LogP contribution in [0.5, 0.6) is 0 Å². The van der Waals surface area contributed by atoms with E-state index in [-0.39, 0.29) is 6.09 Å². The van der Waals surface area contributed by atoms with Crippen molar-refractivity contribution < 1.29 is 9.53 Å². The number of nitrogens with zero attached hydrogens (tertiary/aromatic N) is 3. The van der Waals surface area contributed by atoms with E-state index < -0.39 is 5.60 Å². The molecule has 0 atom stereocenters. The van der Waals surface area contributed by atoms with Gasteiger partial charge < -0.3 is 24.2 Å². The largest absolute Gasteiger partial charge is 0.444 e. The van der Waals surface area contributed by atoms with Gasteiger partial charge in [-0.05, 0) is 75.0 Å². The van der Waals surface area contributed by atoms with E-state index in [4.69, 9.17) is 4.74 Å². The van der Waals surface area contributed by atoms with Crippen LogP contribution in [0.2, 0.25) is 0 Å². The van der Waals surface area contributed by atoms with Crippen LogP contribution in [0, 0.1) is 0 Å². The van der Waals surface area contributed by atoms with Gasteiger partial charge in [-0.1, -0.05) is 12.1 Å². The molecule has 0 unspecified atom stereocenters. The van der Waals surface area contributed by atoms with Crippen LogP contribution in [-0.4, -0.2) is 56.4 Å². The van der Waals surface area contributed by atoms with E-state index in [9.17, 15) is 4.79 Å². The molecule has 31 heavy (non-hydrogen) atoms. The molecule has 166 valence electrons. The Kier molecular flexibility index (Phi) is 6.23. The van der Waals surface area contributed by atoms with Gasteiger partial charge in [0.2, 0.25) is 0 Å². The summed E-state index contributed by atoms with van der Waals surface area (Å²) in [7, 11) is 2.15. The highest BCUT2D eigenvalue weighted by atomic mass is 32.2. The minimum atomic E-state index is -0.463. The first-order valence-corrected chi connectivity index (χ1v) is 11.7. The summed E-state index contributed by atoms with van der Waals surface area (Å²) in [6.07, 6.45) is 0.884. The highest BCUT2D eigenvalue weighted by molar-refractivity contribution is 8.00. The molecule has 1 saturated heterocycles. The maximum Gasteiger partial charge on any atom is 0.410 e. The molecule has 0 radical (unpaired) electrons. The van der Waals surface area contributed by atoms with Crippen LogP contribution in [0.3, 0.4) is 0 Å². The zero-order valence-corrected chi connectivity index (χ0v) is 19.7. The Morgan fingerprint density at radius 2 is 1.74 bits per heavy atom. The lowest BCUT2D eigenvalue weighted by atomic mass is 10.2. The van der Waals surface area contributed by atoms with E-state index in [2.05, 4.69) is 64.0 Å². The molecule has 6 nitrogen and oxygen atoms in total. The second kappa shape index (κ2) is 8.91. The van der Waals surface area contributed by atoms with Crippen LogP contribution in [0.4, 0.5) is 21.9 Å². The summed E-state index contributed by atoms with van der Waals surface area (Å²) in [6.45, 7) is 9.69. The number of rotatable bonds is 4. The molecule has 0 aliphatic carbocycles. The number of para-hydroxylation sites is 2. The van der Waals surface area contributed by atoms with Crippen LogP contribution < -0.4 is 14.5 Å². The average molecular weight is 441 g/mol. The zero-order valence-electron chi connectivity index (χ0n) is 18.9. The molecule has 2 heterocycles. The third-order valence-corrected chi connectivity index (χ3v) is 6.45. The Balaban J connectivity index is 1.38. The van der Waals surface area contributed by atoms with Crippen molar-refractivity contribution in [1.82, 2.24) is 4.90 Å². The Bertz CT molecular complexity index is 935. The van der Waals surface area contributed by atoms with Gasteiger partial charge in [0.1, 0.15) is 5.60 Å². The standard InChI is InChI=1S/C24H32N4O2S/c1-24(2,3)30-23(29)28-15-13-27(14-16-28)22-8-6-5-7-20(22)25-31-19-9-10-21-18(17-19)11-12-26(21)4/h5-10,17,25H,11-16H2,1-4H3. The highest BCUT2D eigenvalue weighted by Crippen LogP contribution is 2.34. The molecule has 1 amide bonds. The quantitative estimate of drug-likeness (QED) is 0.686. The molecule has 0 saturated carbocycles. The van der Waals surface area contributed by atoms with E-state index in [1.54, 1.807) is 16.8 Å². The number of likely N-dealkylation sites (N-methyl/N-ethyl adjacent to an activating group) is 1. The SMILES string of the molecule is CN1CCc2cc(SNc3ccccc3N3CCN(C(=O)OC(C)(C)C)CC3)ccc21. The van der Waals surface area contributed by atoms with E-state index >= 15 is 0 Å². The van der Waals surface area contributed by atoms with Gasteiger partial charge in [0.15, 0.2) is 0 Å². The van der Waals surface area contributed by atoms with Gasteiger partial charge in [-0.3, -0.25) is 0 Å². The number of hydrogen-bond acceptors (Lipinski definition) is 6. The third kappa shape index (κ3) is 5.21. The molecular formula is C24H32N4O2S. The van der Waals surface area contributed by atoms with Crippen molar-refractivity contribution in [3.05, 3.63) is 48.0 Å². The highest BCUT2D eigenvalue weighted by Gasteiger charge is 2.26. The number of carbonyl (C=O) groups excluding carboxylic acids is 1. The minimum Gasteiger partial charge on any atom is -0.444 e. The number of piperazine rings is 1. The maximum atomic E-state index is 12.4. The molecule has 0 aromatic heterocycles. The van der Waals surface area contributed by atoms with Crippen molar-refractivity contribution in [3.8, 4) is 0 Å². The summed E-state index contributed by atoms with van der Waals surface area (Å²) >= 11 is 1.65. The molecule has 0 spiro atoms.